The molecule has 1 aliphatic heterocycles. The van der Waals surface area contributed by atoms with Crippen LogP contribution >= 0.6 is 0 Å². The molecule has 0 unspecified atom stereocenters. The Labute approximate surface area is 217 Å². The van der Waals surface area contributed by atoms with Gasteiger partial charge in [0, 0.05) is 39.0 Å². The lowest BCUT2D eigenvalue weighted by atomic mass is 9.96. The quantitative estimate of drug-likeness (QED) is 0.488. The molecule has 1 aliphatic carbocycles. The zero-order valence-electron chi connectivity index (χ0n) is 21.7. The molecule has 196 valence electrons. The van der Waals surface area contributed by atoms with Gasteiger partial charge in [0.15, 0.2) is 0 Å². The molecule has 5 rings (SSSR count). The molecule has 2 aliphatic rings. The number of hydrogen-bond acceptors (Lipinski definition) is 5. The van der Waals surface area contributed by atoms with Gasteiger partial charge < -0.3 is 10.2 Å². The molecule has 10 heteroatoms. The van der Waals surface area contributed by atoms with Crippen LogP contribution in [0.15, 0.2) is 36.4 Å². The van der Waals surface area contributed by atoms with Crippen molar-refractivity contribution >= 4 is 38.4 Å². The number of rotatable bonds is 8. The van der Waals surface area contributed by atoms with E-state index in [0.29, 0.717) is 48.3 Å². The molecule has 1 saturated heterocycles. The van der Waals surface area contributed by atoms with Crippen LogP contribution in [0.5, 0.6) is 0 Å². The standard InChI is InChI=1S/C27H33N5O4S/c1-17-5-9-21(10-6-17)32-26(27(34)28-3)23-13-22(20-7-8-20)25(14-24(23)29-32)31(37(4,35)36)12-11-19-15-30(16-19)18(2)33/h5-6,9-10,13-14,19-20H,7-8,11-12,15-16H2,1-4H3,(H,28,34). The number of amides is 2. The van der Waals surface area contributed by atoms with Crippen molar-refractivity contribution in [3.63, 3.8) is 0 Å². The summed E-state index contributed by atoms with van der Waals surface area (Å²) < 4.78 is 29.1. The third kappa shape index (κ3) is 4.94. The third-order valence-corrected chi connectivity index (χ3v) is 8.55. The number of sulfonamides is 1. The lowest BCUT2D eigenvalue weighted by Crippen LogP contribution is -2.50. The normalized spacial score (nSPS) is 16.1. The number of fused-ring (bicyclic) bond motifs is 1. The van der Waals surface area contributed by atoms with Gasteiger partial charge in [-0.2, -0.15) is 5.10 Å². The van der Waals surface area contributed by atoms with Crippen LogP contribution in [-0.4, -0.2) is 67.9 Å². The van der Waals surface area contributed by atoms with Gasteiger partial charge in [-0.3, -0.25) is 13.9 Å². The third-order valence-electron chi connectivity index (χ3n) is 7.37. The van der Waals surface area contributed by atoms with Crippen LogP contribution in [-0.2, 0) is 14.8 Å². The van der Waals surface area contributed by atoms with Crippen LogP contribution in [0, 0.1) is 12.8 Å². The highest BCUT2D eigenvalue weighted by atomic mass is 32.2. The summed E-state index contributed by atoms with van der Waals surface area (Å²) in [7, 11) is -1.97. The molecule has 0 radical (unpaired) electrons. The number of benzene rings is 2. The minimum Gasteiger partial charge on any atom is -0.354 e. The van der Waals surface area contributed by atoms with E-state index in [9.17, 15) is 18.0 Å². The van der Waals surface area contributed by atoms with Crippen molar-refractivity contribution in [2.75, 3.05) is 37.2 Å². The molecule has 3 aromatic rings. The number of aryl methyl sites for hydroxylation is 1. The van der Waals surface area contributed by atoms with E-state index in [4.69, 9.17) is 5.10 Å². The van der Waals surface area contributed by atoms with Crippen molar-refractivity contribution in [1.29, 1.82) is 0 Å². The Morgan fingerprint density at radius 2 is 1.81 bits per heavy atom. The summed E-state index contributed by atoms with van der Waals surface area (Å²) >= 11 is 0. The van der Waals surface area contributed by atoms with Crippen LogP contribution in [0.4, 0.5) is 5.69 Å². The number of carbonyl (C=O) groups is 2. The van der Waals surface area contributed by atoms with Gasteiger partial charge >= 0.3 is 0 Å². The topological polar surface area (TPSA) is 105 Å². The van der Waals surface area contributed by atoms with Gasteiger partial charge in [0.05, 0.1) is 23.1 Å². The zero-order chi connectivity index (χ0) is 26.5. The van der Waals surface area contributed by atoms with E-state index >= 15 is 0 Å². The Bertz CT molecular complexity index is 1470. The van der Waals surface area contributed by atoms with Crippen molar-refractivity contribution < 1.29 is 18.0 Å². The molecule has 0 spiro atoms. The highest BCUT2D eigenvalue weighted by molar-refractivity contribution is 7.92. The van der Waals surface area contributed by atoms with Crippen molar-refractivity contribution in [3.05, 3.63) is 53.2 Å². The predicted octanol–water partition coefficient (Wildman–Crippen LogP) is 3.21. The van der Waals surface area contributed by atoms with E-state index in [1.165, 1.54) is 10.6 Å². The Kier molecular flexibility index (Phi) is 6.47. The SMILES string of the molecule is CNC(=O)c1c2cc(C3CC3)c(N(CCC3CN(C(C)=O)C3)S(C)(=O)=O)cc2nn1-c1ccc(C)cc1. The van der Waals surface area contributed by atoms with Crippen LogP contribution in [0.2, 0.25) is 0 Å². The zero-order valence-corrected chi connectivity index (χ0v) is 22.5. The molecule has 2 aromatic carbocycles. The highest BCUT2D eigenvalue weighted by Crippen LogP contribution is 2.47. The van der Waals surface area contributed by atoms with Crippen LogP contribution in [0.25, 0.3) is 16.6 Å². The Balaban J connectivity index is 1.59. The summed E-state index contributed by atoms with van der Waals surface area (Å²) in [5.74, 6) is 0.328. The van der Waals surface area contributed by atoms with Gasteiger partial charge in [0.1, 0.15) is 5.69 Å². The van der Waals surface area contributed by atoms with Crippen LogP contribution in [0.3, 0.4) is 0 Å². The maximum absolute atomic E-state index is 13.0. The molecular formula is C27H33N5O4S. The molecular weight excluding hydrogens is 490 g/mol. The molecule has 1 N–H and O–H groups in total. The fraction of sp³-hybridized carbons (Fsp3) is 0.444. The Morgan fingerprint density at radius 1 is 1.14 bits per heavy atom. The van der Waals surface area contributed by atoms with E-state index < -0.39 is 10.0 Å². The number of likely N-dealkylation sites (tertiary alicyclic amines) is 1. The van der Waals surface area contributed by atoms with E-state index in [1.807, 2.05) is 43.3 Å². The van der Waals surface area contributed by atoms with Gasteiger partial charge in [-0.1, -0.05) is 17.7 Å². The van der Waals surface area contributed by atoms with E-state index in [0.717, 1.165) is 29.7 Å². The first-order valence-electron chi connectivity index (χ1n) is 12.7. The van der Waals surface area contributed by atoms with Gasteiger partial charge in [-0.25, -0.2) is 13.1 Å². The smallest absolute Gasteiger partial charge is 0.270 e. The molecule has 2 amide bonds. The first-order valence-corrected chi connectivity index (χ1v) is 14.5. The van der Waals surface area contributed by atoms with Gasteiger partial charge in [-0.15, -0.1) is 0 Å². The van der Waals surface area contributed by atoms with E-state index in [2.05, 4.69) is 5.32 Å². The summed E-state index contributed by atoms with van der Waals surface area (Å²) in [6.45, 7) is 5.22. The first kappa shape index (κ1) is 25.3. The van der Waals surface area contributed by atoms with Crippen molar-refractivity contribution in [1.82, 2.24) is 20.0 Å². The van der Waals surface area contributed by atoms with E-state index in [1.54, 1.807) is 23.6 Å². The van der Waals surface area contributed by atoms with Gasteiger partial charge in [-0.05, 0) is 67.9 Å². The molecule has 2 heterocycles. The largest absolute Gasteiger partial charge is 0.354 e. The Morgan fingerprint density at radius 3 is 2.38 bits per heavy atom. The maximum atomic E-state index is 13.0. The minimum absolute atomic E-state index is 0.0498. The molecule has 1 aromatic heterocycles. The number of aromatic nitrogens is 2. The van der Waals surface area contributed by atoms with Gasteiger partial charge in [0.2, 0.25) is 15.9 Å². The van der Waals surface area contributed by atoms with Gasteiger partial charge in [0.25, 0.3) is 5.91 Å². The number of carbonyl (C=O) groups excluding carboxylic acids is 2. The fourth-order valence-electron chi connectivity index (χ4n) is 5.06. The molecule has 1 saturated carbocycles. The van der Waals surface area contributed by atoms with Crippen LogP contribution in [0.1, 0.15) is 53.7 Å². The summed E-state index contributed by atoms with van der Waals surface area (Å²) in [6.07, 6.45) is 3.86. The Hall–Kier alpha value is -3.40. The van der Waals surface area contributed by atoms with Crippen LogP contribution < -0.4 is 9.62 Å². The molecule has 0 atom stereocenters. The second-order valence-corrected chi connectivity index (χ2v) is 12.2. The monoisotopic (exact) mass is 523 g/mol. The molecule has 0 bridgehead atoms. The predicted molar refractivity (Wildman–Crippen MR) is 144 cm³/mol. The molecule has 9 nitrogen and oxygen atoms in total. The average molecular weight is 524 g/mol. The fourth-order valence-corrected chi connectivity index (χ4v) is 6.01. The minimum atomic E-state index is -3.57. The molecule has 2 fully saturated rings. The van der Waals surface area contributed by atoms with E-state index in [-0.39, 0.29) is 23.7 Å². The second-order valence-electron chi connectivity index (χ2n) is 10.3. The number of nitrogens with zero attached hydrogens (tertiary/aromatic N) is 4. The lowest BCUT2D eigenvalue weighted by molar-refractivity contribution is -0.135. The summed E-state index contributed by atoms with van der Waals surface area (Å²) in [6, 6.07) is 11.6. The highest BCUT2D eigenvalue weighted by Gasteiger charge is 2.34. The second kappa shape index (κ2) is 9.48. The molecule has 37 heavy (non-hydrogen) atoms. The summed E-state index contributed by atoms with van der Waals surface area (Å²) in [5, 5.41) is 8.20. The summed E-state index contributed by atoms with van der Waals surface area (Å²) in [5.41, 5.74) is 4.43. The number of anilines is 1. The lowest BCUT2D eigenvalue weighted by Gasteiger charge is -2.39. The number of hydrogen-bond donors (Lipinski definition) is 1. The van der Waals surface area contributed by atoms with Crippen molar-refractivity contribution in [2.24, 2.45) is 5.92 Å². The number of nitrogens with one attached hydrogen (secondary N) is 1. The van der Waals surface area contributed by atoms with Crippen molar-refractivity contribution in [2.45, 2.75) is 39.0 Å². The average Bonchev–Trinajstić information content (AvgIpc) is 3.59. The summed E-state index contributed by atoms with van der Waals surface area (Å²) in [4.78, 5) is 26.3. The maximum Gasteiger partial charge on any atom is 0.270 e. The first-order chi connectivity index (χ1) is 17.6. The van der Waals surface area contributed by atoms with Crippen molar-refractivity contribution in [3.8, 4) is 5.69 Å².